The minimum atomic E-state index is -0.222. The summed E-state index contributed by atoms with van der Waals surface area (Å²) in [7, 11) is 0. The Balaban J connectivity index is 1.32. The Bertz CT molecular complexity index is 1640. The number of rotatable bonds is 6. The van der Waals surface area contributed by atoms with Crippen LogP contribution in [0.1, 0.15) is 64.0 Å². The molecule has 5 aromatic rings. The molecule has 0 aliphatic carbocycles. The number of ketones is 1. The van der Waals surface area contributed by atoms with Gasteiger partial charge < -0.3 is 5.32 Å². The summed E-state index contributed by atoms with van der Waals surface area (Å²) in [6.07, 6.45) is 5.53. The van der Waals surface area contributed by atoms with Crippen molar-refractivity contribution in [3.05, 3.63) is 125 Å². The molecule has 38 heavy (non-hydrogen) atoms. The van der Waals surface area contributed by atoms with Crippen molar-refractivity contribution in [1.29, 1.82) is 0 Å². The minimum Gasteiger partial charge on any atom is -0.322 e. The van der Waals surface area contributed by atoms with Gasteiger partial charge in [-0.05, 0) is 71.7 Å². The Morgan fingerprint density at radius 2 is 1.58 bits per heavy atom. The highest BCUT2D eigenvalue weighted by Gasteiger charge is 2.16. The Morgan fingerprint density at radius 3 is 2.32 bits per heavy atom. The number of carbonyl (C=O) groups excluding carboxylic acids is 2. The van der Waals surface area contributed by atoms with Gasteiger partial charge in [-0.15, -0.1) is 0 Å². The van der Waals surface area contributed by atoms with Crippen LogP contribution < -0.4 is 5.32 Å². The average Bonchev–Trinajstić information content (AvgIpc) is 3.34. The third-order valence-corrected chi connectivity index (χ3v) is 6.35. The molecule has 0 radical (unpaired) electrons. The Kier molecular flexibility index (Phi) is 6.71. The van der Waals surface area contributed by atoms with E-state index in [1.54, 1.807) is 42.6 Å². The Labute approximate surface area is 221 Å². The zero-order chi connectivity index (χ0) is 26.7. The molecular formula is C32H28N4O2. The van der Waals surface area contributed by atoms with Gasteiger partial charge in [0.1, 0.15) is 0 Å². The van der Waals surface area contributed by atoms with E-state index in [9.17, 15) is 9.59 Å². The number of pyridine rings is 1. The maximum absolute atomic E-state index is 13.3. The molecule has 2 aromatic heterocycles. The van der Waals surface area contributed by atoms with Gasteiger partial charge in [0, 0.05) is 34.0 Å². The second-order valence-electron chi connectivity index (χ2n) is 10.1. The molecule has 0 bridgehead atoms. The van der Waals surface area contributed by atoms with Crippen LogP contribution in [-0.4, -0.2) is 26.9 Å². The minimum absolute atomic E-state index is 0.0147. The largest absolute Gasteiger partial charge is 0.322 e. The van der Waals surface area contributed by atoms with Crippen LogP contribution in [0.5, 0.6) is 0 Å². The van der Waals surface area contributed by atoms with Crippen LogP contribution in [0.3, 0.4) is 0 Å². The van der Waals surface area contributed by atoms with E-state index in [1.807, 2.05) is 60.7 Å². The van der Waals surface area contributed by atoms with Crippen molar-refractivity contribution in [3.8, 4) is 0 Å². The van der Waals surface area contributed by atoms with Crippen LogP contribution in [0.2, 0.25) is 0 Å². The summed E-state index contributed by atoms with van der Waals surface area (Å²) in [5.74, 6) is -0.363. The van der Waals surface area contributed by atoms with Crippen molar-refractivity contribution in [3.63, 3.8) is 0 Å². The molecular weight excluding hydrogens is 472 g/mol. The molecule has 0 unspecified atom stereocenters. The first-order valence-electron chi connectivity index (χ1n) is 12.4. The van der Waals surface area contributed by atoms with E-state index in [1.165, 1.54) is 0 Å². The fraction of sp³-hybridized carbons (Fsp3) is 0.125. The van der Waals surface area contributed by atoms with Gasteiger partial charge >= 0.3 is 0 Å². The highest BCUT2D eigenvalue weighted by molar-refractivity contribution is 6.12. The van der Waals surface area contributed by atoms with Crippen LogP contribution in [0, 0.1) is 0 Å². The van der Waals surface area contributed by atoms with Crippen molar-refractivity contribution in [1.82, 2.24) is 15.2 Å². The topological polar surface area (TPSA) is 87.7 Å². The monoisotopic (exact) mass is 500 g/mol. The summed E-state index contributed by atoms with van der Waals surface area (Å²) in [5, 5.41) is 11.2. The summed E-state index contributed by atoms with van der Waals surface area (Å²) in [6, 6.07) is 25.8. The summed E-state index contributed by atoms with van der Waals surface area (Å²) in [6.45, 7) is 6.40. The van der Waals surface area contributed by atoms with Crippen LogP contribution in [0.4, 0.5) is 5.69 Å². The van der Waals surface area contributed by atoms with Crippen LogP contribution in [0.15, 0.2) is 91.1 Å². The molecule has 0 atom stereocenters. The molecule has 0 aliphatic rings. The van der Waals surface area contributed by atoms with E-state index < -0.39 is 0 Å². The molecule has 0 saturated carbocycles. The van der Waals surface area contributed by atoms with Gasteiger partial charge in [-0.1, -0.05) is 57.2 Å². The van der Waals surface area contributed by atoms with Crippen LogP contribution in [-0.2, 0) is 5.41 Å². The highest BCUT2D eigenvalue weighted by atomic mass is 16.1. The third-order valence-electron chi connectivity index (χ3n) is 6.35. The van der Waals surface area contributed by atoms with Crippen LogP contribution in [0.25, 0.3) is 23.1 Å². The summed E-state index contributed by atoms with van der Waals surface area (Å²) in [4.78, 5) is 30.4. The zero-order valence-corrected chi connectivity index (χ0v) is 21.5. The zero-order valence-electron chi connectivity index (χ0n) is 21.5. The van der Waals surface area contributed by atoms with Crippen molar-refractivity contribution in [2.45, 2.75) is 26.2 Å². The number of benzene rings is 3. The summed E-state index contributed by atoms with van der Waals surface area (Å²) >= 11 is 0. The van der Waals surface area contributed by atoms with Gasteiger partial charge in [-0.2, -0.15) is 5.10 Å². The lowest BCUT2D eigenvalue weighted by atomic mass is 9.87. The predicted octanol–water partition coefficient (Wildman–Crippen LogP) is 6.91. The number of H-pyrrole nitrogens is 1. The molecule has 2 heterocycles. The number of anilines is 1. The molecule has 1 amide bonds. The second kappa shape index (κ2) is 10.3. The molecule has 5 rings (SSSR count). The van der Waals surface area contributed by atoms with Gasteiger partial charge in [0.05, 0.1) is 16.9 Å². The number of fused-ring (bicyclic) bond motifs is 1. The maximum atomic E-state index is 13.3. The second-order valence-corrected chi connectivity index (χ2v) is 10.1. The van der Waals surface area contributed by atoms with Gasteiger partial charge in [-0.25, -0.2) is 0 Å². The number of aromatic nitrogens is 3. The van der Waals surface area contributed by atoms with E-state index in [-0.39, 0.29) is 17.1 Å². The van der Waals surface area contributed by atoms with Crippen molar-refractivity contribution < 1.29 is 9.59 Å². The Morgan fingerprint density at radius 1 is 0.816 bits per heavy atom. The van der Waals surface area contributed by atoms with Gasteiger partial charge in [0.15, 0.2) is 5.78 Å². The molecule has 0 fully saturated rings. The number of carbonyl (C=O) groups is 2. The third kappa shape index (κ3) is 5.44. The molecule has 6 heteroatoms. The first-order valence-corrected chi connectivity index (χ1v) is 12.4. The van der Waals surface area contributed by atoms with E-state index in [2.05, 4.69) is 41.3 Å². The lowest BCUT2D eigenvalue weighted by molar-refractivity contribution is 0.102. The van der Waals surface area contributed by atoms with Gasteiger partial charge in [0.25, 0.3) is 5.91 Å². The Hall–Kier alpha value is -4.84. The van der Waals surface area contributed by atoms with Crippen LogP contribution >= 0.6 is 0 Å². The lowest BCUT2D eigenvalue weighted by Gasteiger charge is -2.19. The molecule has 3 aromatic carbocycles. The fourth-order valence-corrected chi connectivity index (χ4v) is 4.18. The van der Waals surface area contributed by atoms with E-state index >= 15 is 0 Å². The van der Waals surface area contributed by atoms with E-state index in [0.717, 1.165) is 27.9 Å². The van der Waals surface area contributed by atoms with E-state index in [4.69, 9.17) is 0 Å². The quantitative estimate of drug-likeness (QED) is 0.248. The normalized spacial score (nSPS) is 11.7. The van der Waals surface area contributed by atoms with Crippen molar-refractivity contribution in [2.75, 3.05) is 5.32 Å². The summed E-state index contributed by atoms with van der Waals surface area (Å²) in [5.41, 5.74) is 5.68. The molecule has 6 nitrogen and oxygen atoms in total. The van der Waals surface area contributed by atoms with Crippen molar-refractivity contribution >= 4 is 40.4 Å². The first kappa shape index (κ1) is 24.8. The van der Waals surface area contributed by atoms with E-state index in [0.29, 0.717) is 22.4 Å². The smallest absolute Gasteiger partial charge is 0.255 e. The molecule has 0 spiro atoms. The number of hydrogen-bond donors (Lipinski definition) is 2. The van der Waals surface area contributed by atoms with Gasteiger partial charge in [0.2, 0.25) is 0 Å². The number of nitrogens with one attached hydrogen (secondary N) is 2. The molecule has 0 saturated heterocycles. The SMILES string of the molecule is CC(C)(C)c1ccc(C(=O)Nc2cccc(C(=O)c3ccc4c(C=Cc5ccccn5)n[nH]c4c3)c2)cc1. The van der Waals surface area contributed by atoms with Gasteiger partial charge in [-0.3, -0.25) is 19.7 Å². The predicted molar refractivity (Wildman–Crippen MR) is 152 cm³/mol. The summed E-state index contributed by atoms with van der Waals surface area (Å²) < 4.78 is 0. The highest BCUT2D eigenvalue weighted by Crippen LogP contribution is 2.24. The lowest BCUT2D eigenvalue weighted by Crippen LogP contribution is -2.14. The first-order chi connectivity index (χ1) is 18.3. The number of hydrogen-bond acceptors (Lipinski definition) is 4. The van der Waals surface area contributed by atoms with Crippen molar-refractivity contribution in [2.24, 2.45) is 0 Å². The number of nitrogens with zero attached hydrogens (tertiary/aromatic N) is 2. The number of aromatic amines is 1. The maximum Gasteiger partial charge on any atom is 0.255 e. The molecule has 2 N–H and O–H groups in total. The number of amides is 1. The average molecular weight is 501 g/mol. The fourth-order valence-electron chi connectivity index (χ4n) is 4.18. The standard InChI is InChI=1S/C32H28N4O2/c1-32(2,3)24-13-10-21(11-14-24)31(38)34-26-9-6-7-22(19-26)30(37)23-12-16-27-28(35-36-29(27)20-23)17-15-25-8-4-5-18-33-25/h4-20H,1-3H3,(H,34,38)(H,35,36). The molecule has 0 aliphatic heterocycles. The molecule has 188 valence electrons.